The van der Waals surface area contributed by atoms with Gasteiger partial charge in [-0.2, -0.15) is 0 Å². The number of aromatic nitrogens is 2. The van der Waals surface area contributed by atoms with Gasteiger partial charge in [0, 0.05) is 19.0 Å². The molecule has 6 nitrogen and oxygen atoms in total. The Hall–Kier alpha value is -1.85. The Labute approximate surface area is 94.7 Å². The van der Waals surface area contributed by atoms with Crippen molar-refractivity contribution in [2.24, 2.45) is 5.73 Å². The third kappa shape index (κ3) is 2.82. The van der Waals surface area contributed by atoms with Crippen LogP contribution in [0.1, 0.15) is 18.3 Å². The Morgan fingerprint density at radius 2 is 2.00 bits per heavy atom. The molecule has 88 valence electrons. The van der Waals surface area contributed by atoms with Crippen LogP contribution in [0.5, 0.6) is 0 Å². The van der Waals surface area contributed by atoms with Crippen LogP contribution < -0.4 is 16.4 Å². The number of aryl methyl sites for hydroxylation is 1. The van der Waals surface area contributed by atoms with E-state index in [1.54, 1.807) is 7.05 Å². The van der Waals surface area contributed by atoms with Crippen LogP contribution in [0.4, 0.5) is 11.6 Å². The van der Waals surface area contributed by atoms with E-state index in [2.05, 4.69) is 20.6 Å². The standard InChI is InChI=1S/C10H17N5O/c1-4-8-14-9(12-3)6(2)10(15-8)13-5-7(11)16/h4-5H2,1-3H3,(H2,11,16)(H2,12,13,14,15). The minimum atomic E-state index is -0.415. The van der Waals surface area contributed by atoms with Crippen molar-refractivity contribution in [1.29, 1.82) is 0 Å². The Balaban J connectivity index is 3.01. The fourth-order valence-corrected chi connectivity index (χ4v) is 1.31. The van der Waals surface area contributed by atoms with Gasteiger partial charge < -0.3 is 16.4 Å². The van der Waals surface area contributed by atoms with E-state index in [0.29, 0.717) is 5.82 Å². The van der Waals surface area contributed by atoms with E-state index >= 15 is 0 Å². The SMILES string of the molecule is CCc1nc(NC)c(C)c(NCC(N)=O)n1. The van der Waals surface area contributed by atoms with Crippen molar-refractivity contribution < 1.29 is 4.79 Å². The predicted octanol–water partition coefficient (Wildman–Crippen LogP) is 0.286. The minimum absolute atomic E-state index is 0.0736. The summed E-state index contributed by atoms with van der Waals surface area (Å²) in [5.74, 6) is 1.72. The Bertz CT molecular complexity index is 391. The van der Waals surface area contributed by atoms with Gasteiger partial charge in [0.25, 0.3) is 0 Å². The van der Waals surface area contributed by atoms with Crippen LogP contribution in [0, 0.1) is 6.92 Å². The van der Waals surface area contributed by atoms with E-state index in [1.807, 2.05) is 13.8 Å². The maximum absolute atomic E-state index is 10.7. The summed E-state index contributed by atoms with van der Waals surface area (Å²) in [5, 5.41) is 5.89. The van der Waals surface area contributed by atoms with Crippen molar-refractivity contribution in [1.82, 2.24) is 9.97 Å². The fourth-order valence-electron chi connectivity index (χ4n) is 1.31. The maximum atomic E-state index is 10.7. The third-order valence-electron chi connectivity index (χ3n) is 2.18. The van der Waals surface area contributed by atoms with E-state index in [-0.39, 0.29) is 6.54 Å². The molecular weight excluding hydrogens is 206 g/mol. The molecule has 4 N–H and O–H groups in total. The van der Waals surface area contributed by atoms with Crippen molar-refractivity contribution in [2.45, 2.75) is 20.3 Å². The number of hydrogen-bond donors (Lipinski definition) is 3. The predicted molar refractivity (Wildman–Crippen MR) is 63.4 cm³/mol. The molecule has 0 aromatic carbocycles. The molecule has 0 spiro atoms. The van der Waals surface area contributed by atoms with E-state index in [0.717, 1.165) is 23.6 Å². The number of carbonyl (C=O) groups is 1. The topological polar surface area (TPSA) is 92.9 Å². The van der Waals surface area contributed by atoms with Gasteiger partial charge in [0.15, 0.2) is 0 Å². The highest BCUT2D eigenvalue weighted by Crippen LogP contribution is 2.19. The van der Waals surface area contributed by atoms with E-state index in [1.165, 1.54) is 0 Å². The summed E-state index contributed by atoms with van der Waals surface area (Å²) in [5.41, 5.74) is 5.95. The largest absolute Gasteiger partial charge is 0.373 e. The smallest absolute Gasteiger partial charge is 0.236 e. The molecule has 0 aliphatic heterocycles. The van der Waals surface area contributed by atoms with Gasteiger partial charge >= 0.3 is 0 Å². The molecule has 0 unspecified atom stereocenters. The monoisotopic (exact) mass is 223 g/mol. The number of hydrogen-bond acceptors (Lipinski definition) is 5. The van der Waals surface area contributed by atoms with Gasteiger partial charge in [-0.15, -0.1) is 0 Å². The molecule has 16 heavy (non-hydrogen) atoms. The first-order valence-corrected chi connectivity index (χ1v) is 5.15. The Morgan fingerprint density at radius 1 is 1.38 bits per heavy atom. The molecule has 0 saturated carbocycles. The molecule has 0 saturated heterocycles. The molecule has 0 bridgehead atoms. The first kappa shape index (κ1) is 12.2. The van der Waals surface area contributed by atoms with Gasteiger partial charge in [0.2, 0.25) is 5.91 Å². The number of carbonyl (C=O) groups excluding carboxylic acids is 1. The molecule has 1 amide bonds. The highest BCUT2D eigenvalue weighted by molar-refractivity contribution is 5.79. The van der Waals surface area contributed by atoms with Crippen molar-refractivity contribution in [3.8, 4) is 0 Å². The van der Waals surface area contributed by atoms with Crippen LogP contribution in [0.25, 0.3) is 0 Å². The number of nitrogens with zero attached hydrogens (tertiary/aromatic N) is 2. The zero-order chi connectivity index (χ0) is 12.1. The molecule has 0 fully saturated rings. The molecule has 0 aliphatic rings. The first-order chi connectivity index (χ1) is 7.58. The summed E-state index contributed by atoms with van der Waals surface area (Å²) in [6.45, 7) is 3.93. The van der Waals surface area contributed by atoms with Crippen LogP contribution in [0.3, 0.4) is 0 Å². The second-order valence-corrected chi connectivity index (χ2v) is 3.39. The lowest BCUT2D eigenvalue weighted by molar-refractivity contribution is -0.116. The summed E-state index contributed by atoms with van der Waals surface area (Å²) < 4.78 is 0. The van der Waals surface area contributed by atoms with Crippen molar-refractivity contribution in [3.05, 3.63) is 11.4 Å². The lowest BCUT2D eigenvalue weighted by atomic mass is 10.3. The van der Waals surface area contributed by atoms with Crippen LogP contribution in [-0.2, 0) is 11.2 Å². The molecular formula is C10H17N5O. The average Bonchev–Trinajstić information content (AvgIpc) is 2.27. The minimum Gasteiger partial charge on any atom is -0.373 e. The quantitative estimate of drug-likeness (QED) is 0.667. The van der Waals surface area contributed by atoms with Crippen LogP contribution in [-0.4, -0.2) is 29.5 Å². The normalized spacial score (nSPS) is 9.94. The zero-order valence-corrected chi connectivity index (χ0v) is 9.79. The zero-order valence-electron chi connectivity index (χ0n) is 9.79. The van der Waals surface area contributed by atoms with Crippen LogP contribution >= 0.6 is 0 Å². The summed E-state index contributed by atoms with van der Waals surface area (Å²) in [7, 11) is 1.80. The van der Waals surface area contributed by atoms with Gasteiger partial charge in [0.05, 0.1) is 6.54 Å². The second kappa shape index (κ2) is 5.29. The van der Waals surface area contributed by atoms with E-state index in [4.69, 9.17) is 5.73 Å². The number of primary amides is 1. The molecule has 1 rings (SSSR count). The van der Waals surface area contributed by atoms with Crippen molar-refractivity contribution in [2.75, 3.05) is 24.2 Å². The molecule has 0 aliphatic carbocycles. The first-order valence-electron chi connectivity index (χ1n) is 5.15. The third-order valence-corrected chi connectivity index (χ3v) is 2.18. The van der Waals surface area contributed by atoms with E-state index in [9.17, 15) is 4.79 Å². The van der Waals surface area contributed by atoms with Crippen LogP contribution in [0.2, 0.25) is 0 Å². The fraction of sp³-hybridized carbons (Fsp3) is 0.500. The summed E-state index contributed by atoms with van der Waals surface area (Å²) in [6, 6.07) is 0. The maximum Gasteiger partial charge on any atom is 0.236 e. The lowest BCUT2D eigenvalue weighted by Gasteiger charge is -2.12. The van der Waals surface area contributed by atoms with Gasteiger partial charge in [-0.05, 0) is 6.92 Å². The summed E-state index contributed by atoms with van der Waals surface area (Å²) >= 11 is 0. The Kier molecular flexibility index (Phi) is 4.04. The van der Waals surface area contributed by atoms with Gasteiger partial charge in [0.1, 0.15) is 17.5 Å². The number of nitrogens with two attached hydrogens (primary N) is 1. The van der Waals surface area contributed by atoms with Gasteiger partial charge in [-0.1, -0.05) is 6.92 Å². The van der Waals surface area contributed by atoms with E-state index < -0.39 is 5.91 Å². The summed E-state index contributed by atoms with van der Waals surface area (Å²) in [4.78, 5) is 19.3. The molecule has 0 atom stereocenters. The average molecular weight is 223 g/mol. The molecule has 0 radical (unpaired) electrons. The number of anilines is 2. The second-order valence-electron chi connectivity index (χ2n) is 3.39. The lowest BCUT2D eigenvalue weighted by Crippen LogP contribution is -2.23. The van der Waals surface area contributed by atoms with Gasteiger partial charge in [-0.25, -0.2) is 9.97 Å². The highest BCUT2D eigenvalue weighted by atomic mass is 16.1. The molecule has 6 heteroatoms. The number of amides is 1. The summed E-state index contributed by atoms with van der Waals surface area (Å²) in [6.07, 6.45) is 0.736. The number of rotatable bonds is 5. The highest BCUT2D eigenvalue weighted by Gasteiger charge is 2.09. The van der Waals surface area contributed by atoms with Crippen LogP contribution in [0.15, 0.2) is 0 Å². The van der Waals surface area contributed by atoms with Gasteiger partial charge in [-0.3, -0.25) is 4.79 Å². The Morgan fingerprint density at radius 3 is 2.50 bits per heavy atom. The molecule has 1 aromatic rings. The van der Waals surface area contributed by atoms with Crippen molar-refractivity contribution >= 4 is 17.5 Å². The van der Waals surface area contributed by atoms with Crippen molar-refractivity contribution in [3.63, 3.8) is 0 Å². The molecule has 1 heterocycles. The number of nitrogens with one attached hydrogen (secondary N) is 2. The molecule has 1 aromatic heterocycles.